The van der Waals surface area contributed by atoms with E-state index in [0.29, 0.717) is 17.6 Å². The molecular weight excluding hydrogens is 234 g/mol. The molecule has 3 rings (SSSR count). The standard InChI is InChI=1S/C17H23NO/c1-12(15-10-18-11-15)17(19)9-14-7-4-6-13-5-2-3-8-16(13)14/h2-3,5,8,12,14-15,18H,4,6-7,9-11H2,1H3. The van der Waals surface area contributed by atoms with E-state index in [1.807, 2.05) is 0 Å². The van der Waals surface area contributed by atoms with Gasteiger partial charge in [-0.05, 0) is 55.3 Å². The van der Waals surface area contributed by atoms with Gasteiger partial charge in [0.05, 0.1) is 0 Å². The topological polar surface area (TPSA) is 29.1 Å². The Hall–Kier alpha value is -1.15. The molecule has 0 radical (unpaired) electrons. The monoisotopic (exact) mass is 257 g/mol. The first-order valence-electron chi connectivity index (χ1n) is 7.57. The minimum atomic E-state index is 0.232. The van der Waals surface area contributed by atoms with E-state index in [1.54, 1.807) is 0 Å². The molecule has 2 aliphatic rings. The average Bonchev–Trinajstić information content (AvgIpc) is 2.37. The number of nitrogens with one attached hydrogen (secondary N) is 1. The van der Waals surface area contributed by atoms with Crippen molar-refractivity contribution in [2.45, 2.75) is 38.5 Å². The van der Waals surface area contributed by atoms with Crippen LogP contribution in [0, 0.1) is 11.8 Å². The normalized spacial score (nSPS) is 24.4. The number of carbonyl (C=O) groups is 1. The van der Waals surface area contributed by atoms with Gasteiger partial charge in [-0.25, -0.2) is 0 Å². The molecule has 0 saturated carbocycles. The minimum absolute atomic E-state index is 0.232. The molecule has 0 amide bonds. The summed E-state index contributed by atoms with van der Waals surface area (Å²) < 4.78 is 0. The molecule has 1 aromatic carbocycles. The summed E-state index contributed by atoms with van der Waals surface area (Å²) in [6.07, 6.45) is 4.34. The summed E-state index contributed by atoms with van der Waals surface area (Å²) in [7, 11) is 0. The number of ketones is 1. The second-order valence-electron chi connectivity index (χ2n) is 6.17. The number of hydrogen-bond donors (Lipinski definition) is 1. The van der Waals surface area contributed by atoms with Crippen molar-refractivity contribution in [1.82, 2.24) is 5.32 Å². The van der Waals surface area contributed by atoms with Crippen LogP contribution < -0.4 is 5.32 Å². The predicted octanol–water partition coefficient (Wildman–Crippen LogP) is 2.92. The van der Waals surface area contributed by atoms with Gasteiger partial charge in [-0.1, -0.05) is 31.2 Å². The van der Waals surface area contributed by atoms with Crippen LogP contribution in [-0.2, 0) is 11.2 Å². The van der Waals surface area contributed by atoms with Crippen molar-refractivity contribution in [2.75, 3.05) is 13.1 Å². The van der Waals surface area contributed by atoms with Crippen LogP contribution >= 0.6 is 0 Å². The van der Waals surface area contributed by atoms with Crippen molar-refractivity contribution in [3.05, 3.63) is 35.4 Å². The maximum atomic E-state index is 12.4. The van der Waals surface area contributed by atoms with Gasteiger partial charge in [0, 0.05) is 12.3 Å². The molecule has 1 fully saturated rings. The molecule has 1 heterocycles. The van der Waals surface area contributed by atoms with Gasteiger partial charge in [-0.3, -0.25) is 4.79 Å². The average molecular weight is 257 g/mol. The van der Waals surface area contributed by atoms with Gasteiger partial charge in [-0.2, -0.15) is 0 Å². The van der Waals surface area contributed by atoms with E-state index in [0.717, 1.165) is 19.5 Å². The highest BCUT2D eigenvalue weighted by Crippen LogP contribution is 2.35. The fraction of sp³-hybridized carbons (Fsp3) is 0.588. The zero-order valence-corrected chi connectivity index (χ0v) is 11.7. The van der Waals surface area contributed by atoms with Crippen molar-refractivity contribution >= 4 is 5.78 Å². The maximum absolute atomic E-state index is 12.4. The zero-order valence-electron chi connectivity index (χ0n) is 11.7. The van der Waals surface area contributed by atoms with Gasteiger partial charge in [0.15, 0.2) is 0 Å². The molecule has 1 aromatic rings. The quantitative estimate of drug-likeness (QED) is 0.898. The van der Waals surface area contributed by atoms with Gasteiger partial charge >= 0.3 is 0 Å². The largest absolute Gasteiger partial charge is 0.316 e. The lowest BCUT2D eigenvalue weighted by atomic mass is 9.76. The van der Waals surface area contributed by atoms with Crippen LogP contribution in [0.5, 0.6) is 0 Å². The molecule has 2 heteroatoms. The van der Waals surface area contributed by atoms with Gasteiger partial charge in [0.1, 0.15) is 5.78 Å². The molecule has 19 heavy (non-hydrogen) atoms. The van der Waals surface area contributed by atoms with Crippen LogP contribution in [0.15, 0.2) is 24.3 Å². The first-order chi connectivity index (χ1) is 9.25. The van der Waals surface area contributed by atoms with E-state index >= 15 is 0 Å². The molecule has 102 valence electrons. The molecule has 2 unspecified atom stereocenters. The Morgan fingerprint density at radius 3 is 2.89 bits per heavy atom. The number of fused-ring (bicyclic) bond motifs is 1. The Morgan fingerprint density at radius 1 is 1.37 bits per heavy atom. The smallest absolute Gasteiger partial charge is 0.136 e. The highest BCUT2D eigenvalue weighted by atomic mass is 16.1. The maximum Gasteiger partial charge on any atom is 0.136 e. The third-order valence-electron chi connectivity index (χ3n) is 4.97. The minimum Gasteiger partial charge on any atom is -0.316 e. The van der Waals surface area contributed by atoms with Gasteiger partial charge in [-0.15, -0.1) is 0 Å². The van der Waals surface area contributed by atoms with Crippen LogP contribution in [0.4, 0.5) is 0 Å². The van der Waals surface area contributed by atoms with Crippen LogP contribution in [0.25, 0.3) is 0 Å². The van der Waals surface area contributed by atoms with E-state index in [-0.39, 0.29) is 5.92 Å². The van der Waals surface area contributed by atoms with Crippen molar-refractivity contribution in [1.29, 1.82) is 0 Å². The van der Waals surface area contributed by atoms with E-state index < -0.39 is 0 Å². The summed E-state index contributed by atoms with van der Waals surface area (Å²) >= 11 is 0. The molecule has 1 saturated heterocycles. The molecular formula is C17H23NO. The Labute approximate surface area is 115 Å². The van der Waals surface area contributed by atoms with Gasteiger partial charge in [0.2, 0.25) is 0 Å². The fourth-order valence-electron chi connectivity index (χ4n) is 3.42. The Kier molecular flexibility index (Phi) is 3.69. The summed E-state index contributed by atoms with van der Waals surface area (Å²) in [5.74, 6) is 1.74. The van der Waals surface area contributed by atoms with Crippen LogP contribution in [0.3, 0.4) is 0 Å². The fourth-order valence-corrected chi connectivity index (χ4v) is 3.42. The van der Waals surface area contributed by atoms with Crippen molar-refractivity contribution in [3.63, 3.8) is 0 Å². The Morgan fingerprint density at radius 2 is 2.16 bits per heavy atom. The number of benzene rings is 1. The Balaban J connectivity index is 1.68. The first-order valence-corrected chi connectivity index (χ1v) is 7.57. The molecule has 0 spiro atoms. The van der Waals surface area contributed by atoms with Crippen molar-refractivity contribution < 1.29 is 4.79 Å². The lowest BCUT2D eigenvalue weighted by molar-refractivity contribution is -0.125. The number of Topliss-reactive ketones (excluding diaryl/α,β-unsaturated/α-hetero) is 1. The summed E-state index contributed by atoms with van der Waals surface area (Å²) in [6, 6.07) is 8.68. The summed E-state index contributed by atoms with van der Waals surface area (Å²) in [4.78, 5) is 12.4. The number of aryl methyl sites for hydroxylation is 1. The third kappa shape index (κ3) is 2.59. The highest BCUT2D eigenvalue weighted by Gasteiger charge is 2.31. The first kappa shape index (κ1) is 12.9. The molecule has 2 nitrogen and oxygen atoms in total. The van der Waals surface area contributed by atoms with Gasteiger partial charge in [0.25, 0.3) is 0 Å². The molecule has 0 aromatic heterocycles. The SMILES string of the molecule is CC(C(=O)CC1CCCc2ccccc21)C1CNC1. The molecule has 1 aliphatic heterocycles. The predicted molar refractivity (Wildman–Crippen MR) is 77.3 cm³/mol. The number of rotatable bonds is 4. The van der Waals surface area contributed by atoms with Crippen LogP contribution in [-0.4, -0.2) is 18.9 Å². The van der Waals surface area contributed by atoms with Crippen LogP contribution in [0.2, 0.25) is 0 Å². The lowest BCUT2D eigenvalue weighted by Gasteiger charge is -2.33. The van der Waals surface area contributed by atoms with Crippen LogP contribution in [0.1, 0.15) is 43.2 Å². The summed E-state index contributed by atoms with van der Waals surface area (Å²) in [5, 5.41) is 3.26. The van der Waals surface area contributed by atoms with Crippen molar-refractivity contribution in [2.24, 2.45) is 11.8 Å². The molecule has 0 bridgehead atoms. The van der Waals surface area contributed by atoms with E-state index in [1.165, 1.54) is 30.4 Å². The summed E-state index contributed by atoms with van der Waals surface area (Å²) in [6.45, 7) is 4.16. The molecule has 1 N–H and O–H groups in total. The zero-order chi connectivity index (χ0) is 13.2. The third-order valence-corrected chi connectivity index (χ3v) is 4.97. The summed E-state index contributed by atoms with van der Waals surface area (Å²) in [5.41, 5.74) is 2.89. The van der Waals surface area contributed by atoms with Crippen molar-refractivity contribution in [3.8, 4) is 0 Å². The van der Waals surface area contributed by atoms with E-state index in [9.17, 15) is 4.79 Å². The highest BCUT2D eigenvalue weighted by molar-refractivity contribution is 5.82. The molecule has 2 atom stereocenters. The van der Waals surface area contributed by atoms with E-state index in [2.05, 4.69) is 36.5 Å². The molecule has 1 aliphatic carbocycles. The number of hydrogen-bond acceptors (Lipinski definition) is 2. The van der Waals surface area contributed by atoms with E-state index in [4.69, 9.17) is 0 Å². The lowest BCUT2D eigenvalue weighted by Crippen LogP contribution is -2.47. The second-order valence-corrected chi connectivity index (χ2v) is 6.17. The number of carbonyl (C=O) groups excluding carboxylic acids is 1. The Bertz CT molecular complexity index is 464. The van der Waals surface area contributed by atoms with Gasteiger partial charge < -0.3 is 5.32 Å². The second kappa shape index (κ2) is 5.46.